The average Bonchev–Trinajstić information content (AvgIpc) is 2.70. The lowest BCUT2D eigenvalue weighted by Gasteiger charge is -2.16. The van der Waals surface area contributed by atoms with Crippen molar-refractivity contribution in [2.45, 2.75) is 12.8 Å². The van der Waals surface area contributed by atoms with Crippen LogP contribution in [0.2, 0.25) is 0 Å². The van der Waals surface area contributed by atoms with E-state index in [2.05, 4.69) is 5.32 Å². The summed E-state index contributed by atoms with van der Waals surface area (Å²) in [5.41, 5.74) is 1.65. The maximum absolute atomic E-state index is 12.9. The highest BCUT2D eigenvalue weighted by Gasteiger charge is 2.26. The van der Waals surface area contributed by atoms with Gasteiger partial charge in [-0.05, 0) is 29.7 Å². The molecule has 27 heavy (non-hydrogen) atoms. The third kappa shape index (κ3) is 5.82. The van der Waals surface area contributed by atoms with Crippen LogP contribution in [0.1, 0.15) is 11.1 Å². The molecule has 1 atom stereocenters. The Balaban J connectivity index is 2.18. The van der Waals surface area contributed by atoms with Crippen molar-refractivity contribution in [2.24, 2.45) is 5.92 Å². The van der Waals surface area contributed by atoms with E-state index in [1.165, 1.54) is 7.11 Å². The molecule has 0 saturated heterocycles. The fourth-order valence-electron chi connectivity index (χ4n) is 2.82. The number of ether oxygens (including phenoxy) is 2. The van der Waals surface area contributed by atoms with Crippen molar-refractivity contribution < 1.29 is 24.2 Å². The highest BCUT2D eigenvalue weighted by Crippen LogP contribution is 2.28. The maximum atomic E-state index is 12.9. The Bertz CT molecular complexity index is 760. The maximum Gasteiger partial charge on any atom is 0.231 e. The molecule has 2 N–H and O–H groups in total. The van der Waals surface area contributed by atoms with Gasteiger partial charge in [-0.3, -0.25) is 9.59 Å². The van der Waals surface area contributed by atoms with Crippen molar-refractivity contribution in [2.75, 3.05) is 27.4 Å². The van der Waals surface area contributed by atoms with Crippen molar-refractivity contribution in [3.8, 4) is 11.5 Å². The molecule has 0 aromatic heterocycles. The van der Waals surface area contributed by atoms with Crippen LogP contribution in [0.25, 0.3) is 0 Å². The molecule has 1 unspecified atom stereocenters. The van der Waals surface area contributed by atoms with Gasteiger partial charge in [0.15, 0.2) is 11.5 Å². The molecular weight excluding hydrogens is 346 g/mol. The van der Waals surface area contributed by atoms with Crippen LogP contribution in [-0.4, -0.2) is 44.2 Å². The van der Waals surface area contributed by atoms with Crippen LogP contribution >= 0.6 is 0 Å². The first-order valence-electron chi connectivity index (χ1n) is 8.75. The Labute approximate surface area is 159 Å². The number of benzene rings is 2. The minimum absolute atomic E-state index is 0.102. The van der Waals surface area contributed by atoms with E-state index in [1.807, 2.05) is 30.3 Å². The quantitative estimate of drug-likeness (QED) is 0.622. The van der Waals surface area contributed by atoms with Gasteiger partial charge in [-0.2, -0.15) is 0 Å². The van der Waals surface area contributed by atoms with Gasteiger partial charge >= 0.3 is 0 Å². The summed E-state index contributed by atoms with van der Waals surface area (Å²) in [6, 6.07) is 14.7. The van der Waals surface area contributed by atoms with Gasteiger partial charge < -0.3 is 19.9 Å². The van der Waals surface area contributed by atoms with Gasteiger partial charge in [0.05, 0.1) is 20.8 Å². The van der Waals surface area contributed by atoms with E-state index < -0.39 is 5.92 Å². The summed E-state index contributed by atoms with van der Waals surface area (Å²) in [6.45, 7) is -0.0541. The molecule has 144 valence electrons. The summed E-state index contributed by atoms with van der Waals surface area (Å²) in [7, 11) is 3.08. The number of carbonyl (C=O) groups is 2. The van der Waals surface area contributed by atoms with Gasteiger partial charge in [0.1, 0.15) is 11.7 Å². The number of aliphatic hydroxyl groups excluding tert-OH is 1. The zero-order valence-corrected chi connectivity index (χ0v) is 15.6. The van der Waals surface area contributed by atoms with Crippen molar-refractivity contribution in [1.29, 1.82) is 0 Å². The lowest BCUT2D eigenvalue weighted by molar-refractivity contribution is -0.133. The second-order valence-corrected chi connectivity index (χ2v) is 6.09. The third-order valence-corrected chi connectivity index (χ3v) is 4.23. The standard InChI is InChI=1S/C21H25NO5/c1-26-19-9-8-16(14-20(19)27-2)13-18(24)17(21(25)22-10-11-23)12-15-6-4-3-5-7-15/h3-9,14,17,23H,10-13H2,1-2H3,(H,22,25). The summed E-state index contributed by atoms with van der Waals surface area (Å²) in [5.74, 6) is -0.283. The Morgan fingerprint density at radius 3 is 2.33 bits per heavy atom. The molecule has 0 fully saturated rings. The minimum Gasteiger partial charge on any atom is -0.493 e. The number of aliphatic hydroxyl groups is 1. The molecule has 2 aromatic rings. The van der Waals surface area contributed by atoms with Crippen LogP contribution in [-0.2, 0) is 22.4 Å². The average molecular weight is 371 g/mol. The molecule has 2 rings (SSSR count). The minimum atomic E-state index is -0.827. The van der Waals surface area contributed by atoms with E-state index in [0.717, 1.165) is 11.1 Å². The number of ketones is 1. The van der Waals surface area contributed by atoms with E-state index in [9.17, 15) is 9.59 Å². The molecule has 0 heterocycles. The largest absolute Gasteiger partial charge is 0.493 e. The van der Waals surface area contributed by atoms with Crippen LogP contribution in [0.5, 0.6) is 11.5 Å². The Morgan fingerprint density at radius 2 is 1.70 bits per heavy atom. The molecule has 1 amide bonds. The number of rotatable bonds is 10. The lowest BCUT2D eigenvalue weighted by atomic mass is 9.90. The molecule has 6 nitrogen and oxygen atoms in total. The van der Waals surface area contributed by atoms with Crippen molar-refractivity contribution in [1.82, 2.24) is 5.32 Å². The Hall–Kier alpha value is -2.86. The molecule has 0 aliphatic carbocycles. The van der Waals surface area contributed by atoms with Gasteiger partial charge in [-0.15, -0.1) is 0 Å². The normalized spacial score (nSPS) is 11.5. The number of amides is 1. The van der Waals surface area contributed by atoms with E-state index >= 15 is 0 Å². The van der Waals surface area contributed by atoms with Crippen molar-refractivity contribution in [3.63, 3.8) is 0 Å². The van der Waals surface area contributed by atoms with Crippen LogP contribution in [0.3, 0.4) is 0 Å². The van der Waals surface area contributed by atoms with Crippen LogP contribution in [0.15, 0.2) is 48.5 Å². The zero-order chi connectivity index (χ0) is 19.6. The zero-order valence-electron chi connectivity index (χ0n) is 15.6. The smallest absolute Gasteiger partial charge is 0.231 e. The Kier molecular flexibility index (Phi) is 7.82. The fourth-order valence-corrected chi connectivity index (χ4v) is 2.82. The fraction of sp³-hybridized carbons (Fsp3) is 0.333. The first-order chi connectivity index (χ1) is 13.1. The summed E-state index contributed by atoms with van der Waals surface area (Å²) >= 11 is 0. The van der Waals surface area contributed by atoms with Crippen LogP contribution < -0.4 is 14.8 Å². The molecule has 0 bridgehead atoms. The topological polar surface area (TPSA) is 84.9 Å². The second-order valence-electron chi connectivity index (χ2n) is 6.09. The summed E-state index contributed by atoms with van der Waals surface area (Å²) in [6.07, 6.45) is 0.411. The first-order valence-corrected chi connectivity index (χ1v) is 8.75. The summed E-state index contributed by atoms with van der Waals surface area (Å²) in [5, 5.41) is 11.5. The van der Waals surface area contributed by atoms with Crippen molar-refractivity contribution >= 4 is 11.7 Å². The molecule has 2 aromatic carbocycles. The van der Waals surface area contributed by atoms with E-state index in [0.29, 0.717) is 17.9 Å². The number of methoxy groups -OCH3 is 2. The summed E-state index contributed by atoms with van der Waals surface area (Å²) in [4.78, 5) is 25.4. The van der Waals surface area contributed by atoms with Crippen LogP contribution in [0.4, 0.5) is 0 Å². The monoisotopic (exact) mass is 371 g/mol. The molecule has 0 aliphatic heterocycles. The van der Waals surface area contributed by atoms with Crippen LogP contribution in [0, 0.1) is 5.92 Å². The third-order valence-electron chi connectivity index (χ3n) is 4.23. The Morgan fingerprint density at radius 1 is 1.00 bits per heavy atom. The second kappa shape index (κ2) is 10.3. The predicted molar refractivity (Wildman–Crippen MR) is 102 cm³/mol. The number of hydrogen-bond donors (Lipinski definition) is 2. The van der Waals surface area contributed by atoms with Gasteiger partial charge in [0.2, 0.25) is 5.91 Å². The first kappa shape index (κ1) is 20.5. The van der Waals surface area contributed by atoms with E-state index in [4.69, 9.17) is 14.6 Å². The molecule has 0 spiro atoms. The number of Topliss-reactive ketones (excluding diaryl/α,β-unsaturated/α-hetero) is 1. The molecule has 0 aliphatic rings. The van der Waals surface area contributed by atoms with E-state index in [-0.39, 0.29) is 31.3 Å². The molecule has 0 saturated carbocycles. The van der Waals surface area contributed by atoms with Gasteiger partial charge in [0, 0.05) is 13.0 Å². The number of nitrogens with one attached hydrogen (secondary N) is 1. The van der Waals surface area contributed by atoms with Gasteiger partial charge in [-0.1, -0.05) is 36.4 Å². The van der Waals surface area contributed by atoms with Gasteiger partial charge in [0.25, 0.3) is 0 Å². The van der Waals surface area contributed by atoms with E-state index in [1.54, 1.807) is 25.3 Å². The predicted octanol–water partition coefficient (Wildman–Crippen LogP) is 1.78. The van der Waals surface area contributed by atoms with Crippen molar-refractivity contribution in [3.05, 3.63) is 59.7 Å². The highest BCUT2D eigenvalue weighted by molar-refractivity contribution is 6.02. The SMILES string of the molecule is COc1ccc(CC(=O)C(Cc2ccccc2)C(=O)NCCO)cc1OC. The lowest BCUT2D eigenvalue weighted by Crippen LogP contribution is -2.38. The molecule has 0 radical (unpaired) electrons. The molecule has 6 heteroatoms. The number of carbonyl (C=O) groups excluding carboxylic acids is 2. The molecular formula is C21H25NO5. The highest BCUT2D eigenvalue weighted by atomic mass is 16.5. The number of hydrogen-bond acceptors (Lipinski definition) is 5. The summed E-state index contributed by atoms with van der Waals surface area (Å²) < 4.78 is 10.5. The van der Waals surface area contributed by atoms with Gasteiger partial charge in [-0.25, -0.2) is 0 Å².